The summed E-state index contributed by atoms with van der Waals surface area (Å²) in [5, 5.41) is 6.61. The molecule has 0 aliphatic carbocycles. The Morgan fingerprint density at radius 2 is 1.71 bits per heavy atom. The van der Waals surface area contributed by atoms with Gasteiger partial charge in [0.1, 0.15) is 0 Å². The van der Waals surface area contributed by atoms with Crippen LogP contribution >= 0.6 is 0 Å². The molecule has 1 aromatic rings. The molecule has 0 spiro atoms. The summed E-state index contributed by atoms with van der Waals surface area (Å²) >= 11 is 0. The van der Waals surface area contributed by atoms with E-state index in [1.165, 1.54) is 0 Å². The minimum atomic E-state index is 0.0170. The fourth-order valence-electron chi connectivity index (χ4n) is 2.30. The van der Waals surface area contributed by atoms with Crippen molar-refractivity contribution in [1.29, 1.82) is 0 Å². The number of aliphatic imine (C=N–C) groups is 1. The first-order valence-corrected chi connectivity index (χ1v) is 8.49. The number of benzene rings is 1. The van der Waals surface area contributed by atoms with E-state index >= 15 is 0 Å². The average Bonchev–Trinajstić information content (AvgIpc) is 2.61. The van der Waals surface area contributed by atoms with Gasteiger partial charge in [-0.25, -0.2) is 0 Å². The van der Waals surface area contributed by atoms with Crippen molar-refractivity contribution >= 4 is 11.9 Å². The fraction of sp³-hybridized carbons (Fsp3) is 0.556. The minimum Gasteiger partial charge on any atom is -0.355 e. The first-order valence-electron chi connectivity index (χ1n) is 8.49. The number of likely N-dealkylation sites (N-methyl/N-ethyl adjacent to an activating group) is 1. The molecule has 24 heavy (non-hydrogen) atoms. The van der Waals surface area contributed by atoms with E-state index in [0.717, 1.165) is 37.7 Å². The summed E-state index contributed by atoms with van der Waals surface area (Å²) in [5.74, 6) is 0.805. The minimum absolute atomic E-state index is 0.0170. The van der Waals surface area contributed by atoms with Crippen molar-refractivity contribution in [1.82, 2.24) is 20.4 Å². The first-order chi connectivity index (χ1) is 11.5. The van der Waals surface area contributed by atoms with Crippen molar-refractivity contribution in [2.24, 2.45) is 4.99 Å². The topological polar surface area (TPSA) is 60.0 Å². The summed E-state index contributed by atoms with van der Waals surface area (Å²) < 4.78 is 0. The molecule has 1 rings (SSSR count). The van der Waals surface area contributed by atoms with Gasteiger partial charge in [0.05, 0.1) is 0 Å². The van der Waals surface area contributed by atoms with Gasteiger partial charge in [-0.3, -0.25) is 9.79 Å². The van der Waals surface area contributed by atoms with Gasteiger partial charge in [-0.15, -0.1) is 0 Å². The lowest BCUT2D eigenvalue weighted by molar-refractivity contribution is 0.0827. The van der Waals surface area contributed by atoms with Crippen LogP contribution in [0.4, 0.5) is 0 Å². The number of rotatable bonds is 8. The van der Waals surface area contributed by atoms with E-state index in [1.54, 1.807) is 26.0 Å². The number of carbonyl (C=O) groups is 1. The number of nitrogens with zero attached hydrogens (tertiary/aromatic N) is 3. The molecular formula is C18H31N5O. The Balaban J connectivity index is 2.44. The van der Waals surface area contributed by atoms with Gasteiger partial charge in [0.25, 0.3) is 5.91 Å². The Labute approximate surface area is 145 Å². The van der Waals surface area contributed by atoms with Gasteiger partial charge in [-0.05, 0) is 30.8 Å². The zero-order valence-electron chi connectivity index (χ0n) is 15.6. The number of nitrogens with one attached hydrogen (secondary N) is 2. The summed E-state index contributed by atoms with van der Waals surface area (Å²) in [6.07, 6.45) is 0. The van der Waals surface area contributed by atoms with E-state index in [0.29, 0.717) is 12.1 Å². The van der Waals surface area contributed by atoms with E-state index in [-0.39, 0.29) is 5.91 Å². The molecule has 0 unspecified atom stereocenters. The number of hydrogen-bond acceptors (Lipinski definition) is 3. The maximum Gasteiger partial charge on any atom is 0.253 e. The van der Waals surface area contributed by atoms with Crippen LogP contribution in [0, 0.1) is 0 Å². The number of amides is 1. The second-order valence-corrected chi connectivity index (χ2v) is 5.78. The zero-order chi connectivity index (χ0) is 17.9. The van der Waals surface area contributed by atoms with E-state index in [9.17, 15) is 4.79 Å². The van der Waals surface area contributed by atoms with Crippen LogP contribution in [0.2, 0.25) is 0 Å². The van der Waals surface area contributed by atoms with Crippen LogP contribution < -0.4 is 10.6 Å². The Hall–Kier alpha value is -2.08. The summed E-state index contributed by atoms with van der Waals surface area (Å²) in [7, 11) is 5.28. The Bertz CT molecular complexity index is 521. The molecule has 0 saturated heterocycles. The molecule has 2 N–H and O–H groups in total. The molecule has 0 bridgehead atoms. The molecule has 134 valence electrons. The van der Waals surface area contributed by atoms with E-state index in [1.807, 2.05) is 24.3 Å². The summed E-state index contributed by atoms with van der Waals surface area (Å²) in [6, 6.07) is 7.64. The molecule has 0 radical (unpaired) electrons. The lowest BCUT2D eigenvalue weighted by Gasteiger charge is -2.19. The fourth-order valence-corrected chi connectivity index (χ4v) is 2.30. The Morgan fingerprint density at radius 1 is 1.08 bits per heavy atom. The van der Waals surface area contributed by atoms with Crippen molar-refractivity contribution < 1.29 is 4.79 Å². The number of carbonyl (C=O) groups excluding carboxylic acids is 1. The molecule has 6 heteroatoms. The predicted molar refractivity (Wildman–Crippen MR) is 100 cm³/mol. The van der Waals surface area contributed by atoms with Crippen molar-refractivity contribution in [2.75, 3.05) is 47.3 Å². The van der Waals surface area contributed by atoms with Crippen molar-refractivity contribution in [2.45, 2.75) is 20.4 Å². The highest BCUT2D eigenvalue weighted by atomic mass is 16.2. The van der Waals surface area contributed by atoms with Crippen LogP contribution in [-0.4, -0.2) is 69.0 Å². The maximum atomic E-state index is 11.9. The molecule has 0 heterocycles. The van der Waals surface area contributed by atoms with Crippen LogP contribution in [0.25, 0.3) is 0 Å². The molecule has 0 fully saturated rings. The summed E-state index contributed by atoms with van der Waals surface area (Å²) in [5.41, 5.74) is 1.81. The molecule has 0 aliphatic rings. The van der Waals surface area contributed by atoms with Crippen molar-refractivity contribution in [3.8, 4) is 0 Å². The van der Waals surface area contributed by atoms with Crippen LogP contribution in [0.1, 0.15) is 29.8 Å². The van der Waals surface area contributed by atoms with Gasteiger partial charge in [-0.1, -0.05) is 26.0 Å². The van der Waals surface area contributed by atoms with Gasteiger partial charge in [0, 0.05) is 46.3 Å². The standard InChI is InChI=1S/C18H31N5O/c1-6-23(7-2)13-12-20-18(19-3)21-14-15-8-10-16(11-9-15)17(24)22(4)5/h8-11H,6-7,12-14H2,1-5H3,(H2,19,20,21). The van der Waals surface area contributed by atoms with Crippen LogP contribution in [-0.2, 0) is 6.54 Å². The van der Waals surface area contributed by atoms with Gasteiger partial charge < -0.3 is 20.4 Å². The maximum absolute atomic E-state index is 11.9. The Morgan fingerprint density at radius 3 is 2.21 bits per heavy atom. The number of guanidine groups is 1. The second-order valence-electron chi connectivity index (χ2n) is 5.78. The van der Waals surface area contributed by atoms with Crippen LogP contribution in [0.5, 0.6) is 0 Å². The highest BCUT2D eigenvalue weighted by molar-refractivity contribution is 5.93. The lowest BCUT2D eigenvalue weighted by atomic mass is 10.1. The molecule has 0 aliphatic heterocycles. The van der Waals surface area contributed by atoms with Crippen LogP contribution in [0.3, 0.4) is 0 Å². The SMILES string of the molecule is CCN(CC)CCNC(=NC)NCc1ccc(C(=O)N(C)C)cc1. The largest absolute Gasteiger partial charge is 0.355 e. The van der Waals surface area contributed by atoms with Crippen molar-refractivity contribution in [3.05, 3.63) is 35.4 Å². The van der Waals surface area contributed by atoms with Crippen LogP contribution in [0.15, 0.2) is 29.3 Å². The van der Waals surface area contributed by atoms with Gasteiger partial charge in [-0.2, -0.15) is 0 Å². The predicted octanol–water partition coefficient (Wildman–Crippen LogP) is 1.40. The third kappa shape index (κ3) is 6.58. The Kier molecular flexibility index (Phi) is 8.86. The monoisotopic (exact) mass is 333 g/mol. The molecule has 6 nitrogen and oxygen atoms in total. The molecule has 1 amide bonds. The molecule has 0 aromatic heterocycles. The second kappa shape index (κ2) is 10.6. The van der Waals surface area contributed by atoms with E-state index in [2.05, 4.69) is 34.4 Å². The summed E-state index contributed by atoms with van der Waals surface area (Å²) in [4.78, 5) is 20.0. The van der Waals surface area contributed by atoms with Gasteiger partial charge in [0.2, 0.25) is 0 Å². The zero-order valence-corrected chi connectivity index (χ0v) is 15.6. The third-order valence-corrected chi connectivity index (χ3v) is 3.91. The quantitative estimate of drug-likeness (QED) is 0.558. The van der Waals surface area contributed by atoms with Crippen molar-refractivity contribution in [3.63, 3.8) is 0 Å². The average molecular weight is 333 g/mol. The molecule has 1 aromatic carbocycles. The van der Waals surface area contributed by atoms with Gasteiger partial charge >= 0.3 is 0 Å². The molecule has 0 saturated carbocycles. The smallest absolute Gasteiger partial charge is 0.253 e. The summed E-state index contributed by atoms with van der Waals surface area (Å²) in [6.45, 7) is 8.97. The first kappa shape index (κ1) is 20.0. The van der Waals surface area contributed by atoms with Gasteiger partial charge in [0.15, 0.2) is 5.96 Å². The highest BCUT2D eigenvalue weighted by Crippen LogP contribution is 2.06. The van der Waals surface area contributed by atoms with E-state index < -0.39 is 0 Å². The lowest BCUT2D eigenvalue weighted by Crippen LogP contribution is -2.41. The molecular weight excluding hydrogens is 302 g/mol. The number of hydrogen-bond donors (Lipinski definition) is 2. The van der Waals surface area contributed by atoms with E-state index in [4.69, 9.17) is 0 Å². The third-order valence-electron chi connectivity index (χ3n) is 3.91. The molecule has 0 atom stereocenters. The highest BCUT2D eigenvalue weighted by Gasteiger charge is 2.07. The normalized spacial score (nSPS) is 11.5.